The third-order valence-corrected chi connectivity index (χ3v) is 3.76. The van der Waals surface area contributed by atoms with E-state index in [2.05, 4.69) is 22.2 Å². The van der Waals surface area contributed by atoms with E-state index in [-0.39, 0.29) is 17.9 Å². The molecule has 0 aliphatic carbocycles. The second-order valence-electron chi connectivity index (χ2n) is 5.53. The van der Waals surface area contributed by atoms with Gasteiger partial charge in [-0.3, -0.25) is 4.79 Å². The first-order valence-electron chi connectivity index (χ1n) is 7.51. The molecule has 0 saturated carbocycles. The molecule has 1 unspecified atom stereocenters. The van der Waals surface area contributed by atoms with Gasteiger partial charge in [0.15, 0.2) is 5.69 Å². The first-order chi connectivity index (χ1) is 10.1. The normalized spacial score (nSPS) is 18.9. The predicted octanol–water partition coefficient (Wildman–Crippen LogP) is 1.89. The molecule has 1 aromatic rings. The summed E-state index contributed by atoms with van der Waals surface area (Å²) >= 11 is 0. The van der Waals surface area contributed by atoms with Crippen LogP contribution in [0.2, 0.25) is 0 Å². The van der Waals surface area contributed by atoms with Gasteiger partial charge < -0.3 is 15.0 Å². The molecule has 0 spiro atoms. The summed E-state index contributed by atoms with van der Waals surface area (Å²) in [5.74, 6) is 0.839. The zero-order valence-corrected chi connectivity index (χ0v) is 13.2. The van der Waals surface area contributed by atoms with Crippen molar-refractivity contribution in [2.24, 2.45) is 0 Å². The van der Waals surface area contributed by atoms with Crippen molar-refractivity contribution in [3.63, 3.8) is 0 Å². The zero-order chi connectivity index (χ0) is 15.4. The molecule has 116 valence electrons. The lowest BCUT2D eigenvalue weighted by Gasteiger charge is -2.35. The highest BCUT2D eigenvalue weighted by Gasteiger charge is 2.29. The number of rotatable bonds is 4. The van der Waals surface area contributed by atoms with Crippen LogP contribution in [0.3, 0.4) is 0 Å². The van der Waals surface area contributed by atoms with E-state index in [1.54, 1.807) is 13.2 Å². The van der Waals surface area contributed by atoms with Crippen LogP contribution in [0.15, 0.2) is 6.20 Å². The van der Waals surface area contributed by atoms with Gasteiger partial charge in [0.2, 0.25) is 0 Å². The van der Waals surface area contributed by atoms with Crippen molar-refractivity contribution < 1.29 is 9.53 Å². The van der Waals surface area contributed by atoms with Crippen LogP contribution >= 0.6 is 0 Å². The fourth-order valence-corrected chi connectivity index (χ4v) is 2.42. The monoisotopic (exact) mass is 292 g/mol. The van der Waals surface area contributed by atoms with Gasteiger partial charge in [-0.05, 0) is 6.42 Å². The summed E-state index contributed by atoms with van der Waals surface area (Å²) in [6.07, 6.45) is 2.57. The SMILES string of the molecule is CCC1COCCN1C(=O)c1nc(C(C)C)ncc1NC. The van der Waals surface area contributed by atoms with Crippen molar-refractivity contribution in [2.45, 2.75) is 39.2 Å². The van der Waals surface area contributed by atoms with Gasteiger partial charge in [-0.2, -0.15) is 0 Å². The average Bonchev–Trinajstić information content (AvgIpc) is 2.53. The van der Waals surface area contributed by atoms with E-state index in [0.717, 1.165) is 6.42 Å². The fourth-order valence-electron chi connectivity index (χ4n) is 2.42. The van der Waals surface area contributed by atoms with Crippen molar-refractivity contribution in [1.29, 1.82) is 0 Å². The minimum atomic E-state index is -0.0428. The molecule has 1 N–H and O–H groups in total. The highest BCUT2D eigenvalue weighted by Crippen LogP contribution is 2.20. The van der Waals surface area contributed by atoms with Crippen LogP contribution in [0.1, 0.15) is 49.4 Å². The minimum Gasteiger partial charge on any atom is -0.385 e. The highest BCUT2D eigenvalue weighted by molar-refractivity contribution is 5.97. The van der Waals surface area contributed by atoms with E-state index in [1.165, 1.54) is 0 Å². The second-order valence-corrected chi connectivity index (χ2v) is 5.53. The Labute approximate surface area is 125 Å². The molecule has 1 amide bonds. The molecule has 1 atom stereocenters. The minimum absolute atomic E-state index is 0.0428. The quantitative estimate of drug-likeness (QED) is 0.918. The number of hydrogen-bond acceptors (Lipinski definition) is 5. The van der Waals surface area contributed by atoms with Crippen LogP contribution in [0.25, 0.3) is 0 Å². The summed E-state index contributed by atoms with van der Waals surface area (Å²) < 4.78 is 5.47. The molecular weight excluding hydrogens is 268 g/mol. The standard InChI is InChI=1S/C15H24N4O2/c1-5-11-9-21-7-6-19(11)15(20)13-12(16-4)8-17-14(18-13)10(2)3/h8,10-11,16H,5-7,9H2,1-4H3. The number of aromatic nitrogens is 2. The Bertz CT molecular complexity index is 504. The average molecular weight is 292 g/mol. The van der Waals surface area contributed by atoms with Crippen LogP contribution < -0.4 is 5.32 Å². The number of amides is 1. The van der Waals surface area contributed by atoms with Gasteiger partial charge in [0.05, 0.1) is 31.1 Å². The van der Waals surface area contributed by atoms with Crippen LogP contribution in [0.5, 0.6) is 0 Å². The van der Waals surface area contributed by atoms with Crippen LogP contribution in [0, 0.1) is 0 Å². The van der Waals surface area contributed by atoms with E-state index in [1.807, 2.05) is 18.7 Å². The van der Waals surface area contributed by atoms with E-state index in [0.29, 0.717) is 37.0 Å². The molecule has 0 aromatic carbocycles. The summed E-state index contributed by atoms with van der Waals surface area (Å²) in [6.45, 7) is 7.90. The molecule has 1 aliphatic heterocycles. The molecule has 1 fully saturated rings. The van der Waals surface area contributed by atoms with Crippen LogP contribution in [-0.4, -0.2) is 53.6 Å². The maximum atomic E-state index is 12.9. The number of nitrogens with zero attached hydrogens (tertiary/aromatic N) is 3. The summed E-state index contributed by atoms with van der Waals surface area (Å²) in [4.78, 5) is 23.5. The summed E-state index contributed by atoms with van der Waals surface area (Å²) in [7, 11) is 1.78. The fraction of sp³-hybridized carbons (Fsp3) is 0.667. The molecular formula is C15H24N4O2. The summed E-state index contributed by atoms with van der Waals surface area (Å²) in [5, 5.41) is 3.01. The first-order valence-corrected chi connectivity index (χ1v) is 7.51. The largest absolute Gasteiger partial charge is 0.385 e. The molecule has 0 bridgehead atoms. The molecule has 6 heteroatoms. The molecule has 2 heterocycles. The summed E-state index contributed by atoms with van der Waals surface area (Å²) in [6, 6.07) is 0.119. The van der Waals surface area contributed by atoms with Crippen molar-refractivity contribution in [1.82, 2.24) is 14.9 Å². The van der Waals surface area contributed by atoms with Gasteiger partial charge in [0, 0.05) is 19.5 Å². The lowest BCUT2D eigenvalue weighted by atomic mass is 10.1. The molecule has 1 saturated heterocycles. The van der Waals surface area contributed by atoms with Gasteiger partial charge in [-0.1, -0.05) is 20.8 Å². The number of carbonyl (C=O) groups excluding carboxylic acids is 1. The maximum Gasteiger partial charge on any atom is 0.275 e. The molecule has 1 aromatic heterocycles. The Balaban J connectivity index is 2.34. The third kappa shape index (κ3) is 3.32. The zero-order valence-electron chi connectivity index (χ0n) is 13.2. The van der Waals surface area contributed by atoms with Gasteiger partial charge in [0.1, 0.15) is 5.82 Å². The van der Waals surface area contributed by atoms with Crippen molar-refractivity contribution in [3.8, 4) is 0 Å². The third-order valence-electron chi connectivity index (χ3n) is 3.76. The number of morpholine rings is 1. The number of carbonyl (C=O) groups is 1. The van der Waals surface area contributed by atoms with Crippen molar-refractivity contribution in [3.05, 3.63) is 17.7 Å². The number of nitrogens with one attached hydrogen (secondary N) is 1. The van der Waals surface area contributed by atoms with Crippen molar-refractivity contribution in [2.75, 3.05) is 32.1 Å². The van der Waals surface area contributed by atoms with Gasteiger partial charge in [0.25, 0.3) is 5.91 Å². The highest BCUT2D eigenvalue weighted by atomic mass is 16.5. The number of hydrogen-bond donors (Lipinski definition) is 1. The van der Waals surface area contributed by atoms with Gasteiger partial charge >= 0.3 is 0 Å². The second kappa shape index (κ2) is 6.85. The Morgan fingerprint density at radius 3 is 2.95 bits per heavy atom. The molecule has 6 nitrogen and oxygen atoms in total. The molecule has 1 aliphatic rings. The van der Waals surface area contributed by atoms with Gasteiger partial charge in [-0.15, -0.1) is 0 Å². The van der Waals surface area contributed by atoms with Crippen molar-refractivity contribution >= 4 is 11.6 Å². The number of ether oxygens (including phenoxy) is 1. The first kappa shape index (κ1) is 15.7. The Kier molecular flexibility index (Phi) is 5.12. The Morgan fingerprint density at radius 2 is 2.33 bits per heavy atom. The topological polar surface area (TPSA) is 67.3 Å². The number of anilines is 1. The Morgan fingerprint density at radius 1 is 1.57 bits per heavy atom. The lowest BCUT2D eigenvalue weighted by molar-refractivity contribution is -0.00307. The summed E-state index contributed by atoms with van der Waals surface area (Å²) in [5.41, 5.74) is 1.13. The smallest absolute Gasteiger partial charge is 0.275 e. The predicted molar refractivity (Wildman–Crippen MR) is 81.6 cm³/mol. The van der Waals surface area contributed by atoms with Crippen LogP contribution in [-0.2, 0) is 4.74 Å². The molecule has 21 heavy (non-hydrogen) atoms. The van der Waals surface area contributed by atoms with E-state index in [9.17, 15) is 4.79 Å². The van der Waals surface area contributed by atoms with E-state index in [4.69, 9.17) is 4.74 Å². The molecule has 2 rings (SSSR count). The molecule has 0 radical (unpaired) electrons. The van der Waals surface area contributed by atoms with E-state index < -0.39 is 0 Å². The lowest BCUT2D eigenvalue weighted by Crippen LogP contribution is -2.48. The van der Waals surface area contributed by atoms with Gasteiger partial charge in [-0.25, -0.2) is 9.97 Å². The maximum absolute atomic E-state index is 12.9. The Hall–Kier alpha value is -1.69. The van der Waals surface area contributed by atoms with Crippen LogP contribution in [0.4, 0.5) is 5.69 Å². The van der Waals surface area contributed by atoms with E-state index >= 15 is 0 Å².